The van der Waals surface area contributed by atoms with Gasteiger partial charge in [-0.25, -0.2) is 0 Å². The largest absolute Gasteiger partial charge is 0.507 e. The highest BCUT2D eigenvalue weighted by atomic mass is 127. The van der Waals surface area contributed by atoms with Crippen LogP contribution < -0.4 is 10.6 Å². The number of methoxy groups -OCH3 is 1. The van der Waals surface area contributed by atoms with Crippen molar-refractivity contribution in [1.82, 2.24) is 10.6 Å². The monoisotopic (exact) mass is 392 g/mol. The van der Waals surface area contributed by atoms with E-state index in [1.165, 1.54) is 6.07 Å². The molecule has 1 rings (SSSR count). The van der Waals surface area contributed by atoms with Gasteiger partial charge in [-0.1, -0.05) is 0 Å². The van der Waals surface area contributed by atoms with Gasteiger partial charge in [0, 0.05) is 19.2 Å². The molecule has 1 aromatic carbocycles. The van der Waals surface area contributed by atoms with Crippen molar-refractivity contribution in [3.8, 4) is 5.75 Å². The van der Waals surface area contributed by atoms with Crippen LogP contribution in [0, 0.1) is 3.57 Å². The Balaban J connectivity index is 2.56. The van der Waals surface area contributed by atoms with Crippen molar-refractivity contribution in [1.29, 1.82) is 0 Å². The molecule has 0 saturated heterocycles. The third kappa shape index (κ3) is 4.97. The molecule has 2 amide bonds. The molecule has 20 heavy (non-hydrogen) atoms. The van der Waals surface area contributed by atoms with Crippen LogP contribution in [0.25, 0.3) is 0 Å². The zero-order valence-electron chi connectivity index (χ0n) is 11.3. The summed E-state index contributed by atoms with van der Waals surface area (Å²) in [5.74, 6) is -0.660. The zero-order chi connectivity index (χ0) is 15.1. The van der Waals surface area contributed by atoms with E-state index in [1.54, 1.807) is 26.2 Å². The fraction of sp³-hybridized carbons (Fsp3) is 0.385. The molecule has 0 radical (unpaired) electrons. The molecule has 0 saturated carbocycles. The lowest BCUT2D eigenvalue weighted by Crippen LogP contribution is -2.45. The summed E-state index contributed by atoms with van der Waals surface area (Å²) in [4.78, 5) is 23.6. The molecule has 3 N–H and O–H groups in total. The molecule has 0 aliphatic heterocycles. The Morgan fingerprint density at radius 3 is 2.75 bits per heavy atom. The highest BCUT2D eigenvalue weighted by molar-refractivity contribution is 14.1. The van der Waals surface area contributed by atoms with Crippen molar-refractivity contribution >= 4 is 34.4 Å². The van der Waals surface area contributed by atoms with Gasteiger partial charge in [-0.05, 0) is 47.7 Å². The first kappa shape index (κ1) is 16.7. The Bertz CT molecular complexity index is 493. The van der Waals surface area contributed by atoms with Crippen LogP contribution in [-0.2, 0) is 9.53 Å². The van der Waals surface area contributed by atoms with Crippen molar-refractivity contribution in [3.05, 3.63) is 27.3 Å². The van der Waals surface area contributed by atoms with Crippen LogP contribution in [0.4, 0.5) is 0 Å². The SMILES string of the molecule is COCCNC(=O)C(C)NC(=O)c1ccc(I)c(O)c1. The van der Waals surface area contributed by atoms with Gasteiger partial charge in [0.05, 0.1) is 10.2 Å². The Morgan fingerprint density at radius 1 is 1.45 bits per heavy atom. The van der Waals surface area contributed by atoms with E-state index in [2.05, 4.69) is 10.6 Å². The molecule has 0 aliphatic rings. The highest BCUT2D eigenvalue weighted by Crippen LogP contribution is 2.20. The minimum absolute atomic E-state index is 0.0375. The zero-order valence-corrected chi connectivity index (χ0v) is 13.4. The summed E-state index contributed by atoms with van der Waals surface area (Å²) in [6.45, 7) is 2.39. The second-order valence-electron chi connectivity index (χ2n) is 4.15. The normalized spacial score (nSPS) is 11.8. The van der Waals surface area contributed by atoms with Crippen LogP contribution in [0.3, 0.4) is 0 Å². The number of ether oxygens (including phenoxy) is 1. The molecule has 110 valence electrons. The quantitative estimate of drug-likeness (QED) is 0.496. The topological polar surface area (TPSA) is 87.7 Å². The lowest BCUT2D eigenvalue weighted by Gasteiger charge is -2.14. The van der Waals surface area contributed by atoms with E-state index < -0.39 is 11.9 Å². The molecule has 1 atom stereocenters. The second kappa shape index (κ2) is 8.05. The van der Waals surface area contributed by atoms with Gasteiger partial charge in [0.1, 0.15) is 11.8 Å². The van der Waals surface area contributed by atoms with Gasteiger partial charge in [0.25, 0.3) is 5.91 Å². The maximum Gasteiger partial charge on any atom is 0.252 e. The Morgan fingerprint density at radius 2 is 2.15 bits per heavy atom. The summed E-state index contributed by atoms with van der Waals surface area (Å²) >= 11 is 1.96. The minimum atomic E-state index is -0.666. The van der Waals surface area contributed by atoms with Gasteiger partial charge in [-0.15, -0.1) is 0 Å². The van der Waals surface area contributed by atoms with Crippen LogP contribution >= 0.6 is 22.6 Å². The Hall–Kier alpha value is -1.35. The number of rotatable bonds is 6. The van der Waals surface area contributed by atoms with Gasteiger partial charge in [0.2, 0.25) is 5.91 Å². The van der Waals surface area contributed by atoms with E-state index in [0.29, 0.717) is 22.3 Å². The number of aromatic hydroxyl groups is 1. The number of halogens is 1. The molecular weight excluding hydrogens is 375 g/mol. The fourth-order valence-electron chi connectivity index (χ4n) is 1.43. The Kier molecular flexibility index (Phi) is 6.73. The number of hydrogen-bond donors (Lipinski definition) is 3. The average molecular weight is 392 g/mol. The number of hydrogen-bond acceptors (Lipinski definition) is 4. The maximum absolute atomic E-state index is 11.9. The molecule has 0 aliphatic carbocycles. The third-order valence-corrected chi connectivity index (χ3v) is 3.47. The maximum atomic E-state index is 11.9. The molecule has 7 heteroatoms. The van der Waals surface area contributed by atoms with Crippen molar-refractivity contribution in [2.24, 2.45) is 0 Å². The number of phenolic OH excluding ortho intramolecular Hbond substituents is 1. The molecule has 0 spiro atoms. The number of carbonyl (C=O) groups is 2. The fourth-order valence-corrected chi connectivity index (χ4v) is 1.76. The molecule has 1 unspecified atom stereocenters. The molecule has 6 nitrogen and oxygen atoms in total. The lowest BCUT2D eigenvalue weighted by molar-refractivity contribution is -0.122. The van der Waals surface area contributed by atoms with Crippen molar-refractivity contribution < 1.29 is 19.4 Å². The lowest BCUT2D eigenvalue weighted by atomic mass is 10.2. The summed E-state index contributed by atoms with van der Waals surface area (Å²) in [6, 6.07) is 3.92. The van der Waals surface area contributed by atoms with E-state index in [4.69, 9.17) is 4.74 Å². The summed E-state index contributed by atoms with van der Waals surface area (Å²) in [5.41, 5.74) is 0.305. The first-order chi connectivity index (χ1) is 9.45. The van der Waals surface area contributed by atoms with Gasteiger partial charge in [-0.3, -0.25) is 9.59 Å². The molecule has 0 aromatic heterocycles. The predicted octanol–water partition coefficient (Wildman–Crippen LogP) is 0.878. The van der Waals surface area contributed by atoms with E-state index in [-0.39, 0.29) is 11.7 Å². The number of amides is 2. The van der Waals surface area contributed by atoms with Gasteiger partial charge in [-0.2, -0.15) is 0 Å². The van der Waals surface area contributed by atoms with E-state index >= 15 is 0 Å². The van der Waals surface area contributed by atoms with E-state index in [1.807, 2.05) is 22.6 Å². The predicted molar refractivity (Wildman–Crippen MR) is 82.6 cm³/mol. The van der Waals surface area contributed by atoms with Gasteiger partial charge >= 0.3 is 0 Å². The first-order valence-electron chi connectivity index (χ1n) is 6.01. The number of phenols is 1. The summed E-state index contributed by atoms with van der Waals surface area (Å²) in [5, 5.41) is 14.8. The average Bonchev–Trinajstić information content (AvgIpc) is 2.41. The van der Waals surface area contributed by atoms with Gasteiger partial charge in [0.15, 0.2) is 0 Å². The van der Waals surface area contributed by atoms with Crippen molar-refractivity contribution in [2.75, 3.05) is 20.3 Å². The van der Waals surface area contributed by atoms with Crippen molar-refractivity contribution in [2.45, 2.75) is 13.0 Å². The molecule has 0 fully saturated rings. The number of benzene rings is 1. The van der Waals surface area contributed by atoms with Gasteiger partial charge < -0.3 is 20.5 Å². The summed E-state index contributed by atoms with van der Waals surface area (Å²) < 4.78 is 5.47. The second-order valence-corrected chi connectivity index (χ2v) is 5.31. The van der Waals surface area contributed by atoms with Crippen LogP contribution in [0.1, 0.15) is 17.3 Å². The van der Waals surface area contributed by atoms with Crippen LogP contribution in [0.5, 0.6) is 5.75 Å². The molecule has 1 aromatic rings. The smallest absolute Gasteiger partial charge is 0.252 e. The van der Waals surface area contributed by atoms with Crippen LogP contribution in [-0.4, -0.2) is 43.2 Å². The molecule has 0 bridgehead atoms. The third-order valence-electron chi connectivity index (χ3n) is 2.55. The van der Waals surface area contributed by atoms with Crippen LogP contribution in [0.2, 0.25) is 0 Å². The van der Waals surface area contributed by atoms with Crippen molar-refractivity contribution in [3.63, 3.8) is 0 Å². The van der Waals surface area contributed by atoms with E-state index in [0.717, 1.165) is 0 Å². The first-order valence-corrected chi connectivity index (χ1v) is 7.09. The molecular formula is C13H17IN2O4. The van der Waals surface area contributed by atoms with E-state index in [9.17, 15) is 14.7 Å². The standard InChI is InChI=1S/C13H17IN2O4/c1-8(12(18)15-5-6-20-2)16-13(19)9-3-4-10(14)11(17)7-9/h3-4,7-8,17H,5-6H2,1-2H3,(H,15,18)(H,16,19). The number of carbonyl (C=O) groups excluding carboxylic acids is 2. The number of nitrogens with one attached hydrogen (secondary N) is 2. The van der Waals surface area contributed by atoms with Crippen LogP contribution in [0.15, 0.2) is 18.2 Å². The molecule has 0 heterocycles. The highest BCUT2D eigenvalue weighted by Gasteiger charge is 2.16. The Labute approximate surface area is 131 Å². The summed E-state index contributed by atoms with van der Waals surface area (Å²) in [6.07, 6.45) is 0. The summed E-state index contributed by atoms with van der Waals surface area (Å²) in [7, 11) is 1.54. The minimum Gasteiger partial charge on any atom is -0.507 e.